The Bertz CT molecular complexity index is 848. The van der Waals surface area contributed by atoms with E-state index in [4.69, 9.17) is 4.74 Å². The maximum atomic E-state index is 12.8. The molecule has 1 aliphatic rings. The van der Waals surface area contributed by atoms with Crippen molar-refractivity contribution in [2.24, 2.45) is 11.8 Å². The number of aliphatic hydroxyl groups is 1. The molecule has 0 radical (unpaired) electrons. The molecule has 1 aliphatic carbocycles. The summed E-state index contributed by atoms with van der Waals surface area (Å²) in [5.41, 5.74) is 0.472. The third kappa shape index (κ3) is 9.32. The Morgan fingerprint density at radius 2 is 1.71 bits per heavy atom. The molecular weight excluding hydrogens is 444 g/mol. The SMILES string of the molecule is C=CC[C@H](CC(=O)NC1(CO)CCCC1)C(=O)NC[C@H](C)OC(=O)[C@H](CC=C)Cc1ccccc1. The molecule has 3 atom stereocenters. The molecule has 1 aromatic rings. The molecule has 35 heavy (non-hydrogen) atoms. The Labute approximate surface area is 209 Å². The molecule has 1 aromatic carbocycles. The minimum atomic E-state index is -0.584. The number of ether oxygens (including phenoxy) is 1. The molecule has 0 aromatic heterocycles. The number of allylic oxidation sites excluding steroid dienone is 2. The summed E-state index contributed by atoms with van der Waals surface area (Å²) < 4.78 is 5.60. The number of rotatable bonds is 15. The minimum absolute atomic E-state index is 0.00621. The average molecular weight is 485 g/mol. The molecule has 0 aliphatic heterocycles. The smallest absolute Gasteiger partial charge is 0.309 e. The maximum absolute atomic E-state index is 12.8. The van der Waals surface area contributed by atoms with Crippen molar-refractivity contribution in [3.05, 3.63) is 61.2 Å². The molecule has 0 unspecified atom stereocenters. The van der Waals surface area contributed by atoms with Crippen molar-refractivity contribution in [2.45, 2.75) is 69.9 Å². The second-order valence-electron chi connectivity index (χ2n) is 9.52. The van der Waals surface area contributed by atoms with Crippen LogP contribution in [0.25, 0.3) is 0 Å². The van der Waals surface area contributed by atoms with Crippen LogP contribution < -0.4 is 10.6 Å². The molecule has 1 saturated carbocycles. The zero-order valence-electron chi connectivity index (χ0n) is 20.8. The van der Waals surface area contributed by atoms with E-state index in [-0.39, 0.29) is 43.3 Å². The van der Waals surface area contributed by atoms with E-state index in [2.05, 4.69) is 23.8 Å². The van der Waals surface area contributed by atoms with Gasteiger partial charge in [-0.05, 0) is 44.6 Å². The molecule has 0 heterocycles. The normalized spacial score (nSPS) is 17.0. The lowest BCUT2D eigenvalue weighted by atomic mass is 9.95. The van der Waals surface area contributed by atoms with Crippen LogP contribution >= 0.6 is 0 Å². The standard InChI is InChI=1S/C28H40N2O5/c1-4-11-23(18-25(32)30-28(20-31)15-9-10-16-28)26(33)29-19-21(3)35-27(34)24(12-5-2)17-22-13-7-6-8-14-22/h4-8,13-14,21,23-24,31H,1-2,9-12,15-20H2,3H3,(H,29,33)(H,30,32)/t21-,23+,24+/m0/s1. The van der Waals surface area contributed by atoms with Crippen LogP contribution in [-0.2, 0) is 25.5 Å². The first-order chi connectivity index (χ1) is 16.8. The van der Waals surface area contributed by atoms with Crippen LogP contribution in [0.1, 0.15) is 57.4 Å². The fourth-order valence-corrected chi connectivity index (χ4v) is 4.52. The third-order valence-electron chi connectivity index (χ3n) is 6.51. The highest BCUT2D eigenvalue weighted by atomic mass is 16.5. The number of aliphatic hydroxyl groups excluding tert-OH is 1. The molecule has 1 fully saturated rings. The Morgan fingerprint density at radius 1 is 1.09 bits per heavy atom. The summed E-state index contributed by atoms with van der Waals surface area (Å²) in [5.74, 6) is -1.81. The van der Waals surface area contributed by atoms with E-state index >= 15 is 0 Å². The van der Waals surface area contributed by atoms with E-state index < -0.39 is 17.6 Å². The van der Waals surface area contributed by atoms with E-state index in [1.54, 1.807) is 19.1 Å². The van der Waals surface area contributed by atoms with Crippen molar-refractivity contribution in [3.63, 3.8) is 0 Å². The van der Waals surface area contributed by atoms with Gasteiger partial charge in [-0.2, -0.15) is 0 Å². The summed E-state index contributed by atoms with van der Waals surface area (Å²) in [6.07, 6.45) is 7.62. The Hall–Kier alpha value is -2.93. The van der Waals surface area contributed by atoms with Crippen molar-refractivity contribution in [3.8, 4) is 0 Å². The van der Waals surface area contributed by atoms with Gasteiger partial charge >= 0.3 is 5.97 Å². The van der Waals surface area contributed by atoms with E-state index in [1.165, 1.54) is 0 Å². The highest BCUT2D eigenvalue weighted by molar-refractivity contribution is 5.86. The molecule has 7 heteroatoms. The fourth-order valence-electron chi connectivity index (χ4n) is 4.52. The van der Waals surface area contributed by atoms with Gasteiger partial charge < -0.3 is 20.5 Å². The average Bonchev–Trinajstić information content (AvgIpc) is 3.31. The first kappa shape index (κ1) is 28.3. The molecule has 2 rings (SSSR count). The van der Waals surface area contributed by atoms with E-state index in [9.17, 15) is 19.5 Å². The molecule has 7 nitrogen and oxygen atoms in total. The van der Waals surface area contributed by atoms with Gasteiger partial charge in [-0.25, -0.2) is 0 Å². The lowest BCUT2D eigenvalue weighted by molar-refractivity contribution is -0.153. The second kappa shape index (κ2) is 14.5. The van der Waals surface area contributed by atoms with Crippen LogP contribution in [0.5, 0.6) is 0 Å². The predicted molar refractivity (Wildman–Crippen MR) is 136 cm³/mol. The van der Waals surface area contributed by atoms with Crippen LogP contribution in [0.15, 0.2) is 55.6 Å². The molecular formula is C28H40N2O5. The number of nitrogens with one attached hydrogen (secondary N) is 2. The van der Waals surface area contributed by atoms with Crippen molar-refractivity contribution in [2.75, 3.05) is 13.2 Å². The van der Waals surface area contributed by atoms with E-state index in [0.29, 0.717) is 19.3 Å². The van der Waals surface area contributed by atoms with Gasteiger partial charge in [0.05, 0.1) is 30.5 Å². The topological polar surface area (TPSA) is 105 Å². The van der Waals surface area contributed by atoms with Gasteiger partial charge in [-0.1, -0.05) is 55.3 Å². The van der Waals surface area contributed by atoms with Gasteiger partial charge in [-0.3, -0.25) is 14.4 Å². The Balaban J connectivity index is 1.85. The summed E-state index contributed by atoms with van der Waals surface area (Å²) in [6, 6.07) is 9.73. The highest BCUT2D eigenvalue weighted by Crippen LogP contribution is 2.29. The summed E-state index contributed by atoms with van der Waals surface area (Å²) in [7, 11) is 0. The van der Waals surface area contributed by atoms with Crippen molar-refractivity contribution in [1.29, 1.82) is 0 Å². The zero-order chi connectivity index (χ0) is 25.7. The lowest BCUT2D eigenvalue weighted by Gasteiger charge is -2.28. The van der Waals surface area contributed by atoms with Crippen LogP contribution in [0.4, 0.5) is 0 Å². The van der Waals surface area contributed by atoms with Crippen LogP contribution in [-0.4, -0.2) is 47.7 Å². The quantitative estimate of drug-likeness (QED) is 0.261. The molecule has 0 bridgehead atoms. The summed E-state index contributed by atoms with van der Waals surface area (Å²) >= 11 is 0. The second-order valence-corrected chi connectivity index (χ2v) is 9.52. The zero-order valence-corrected chi connectivity index (χ0v) is 20.8. The predicted octanol–water partition coefficient (Wildman–Crippen LogP) is 3.47. The number of hydrogen-bond donors (Lipinski definition) is 3. The van der Waals surface area contributed by atoms with Gasteiger partial charge in [0.15, 0.2) is 0 Å². The van der Waals surface area contributed by atoms with Gasteiger partial charge in [0.2, 0.25) is 11.8 Å². The largest absolute Gasteiger partial charge is 0.461 e. The van der Waals surface area contributed by atoms with Crippen molar-refractivity contribution < 1.29 is 24.2 Å². The molecule has 2 amide bonds. The van der Waals surface area contributed by atoms with Gasteiger partial charge in [-0.15, -0.1) is 13.2 Å². The van der Waals surface area contributed by atoms with Gasteiger partial charge in [0, 0.05) is 6.42 Å². The van der Waals surface area contributed by atoms with Gasteiger partial charge in [0.25, 0.3) is 0 Å². The van der Waals surface area contributed by atoms with Gasteiger partial charge in [0.1, 0.15) is 6.10 Å². The molecule has 3 N–H and O–H groups in total. The van der Waals surface area contributed by atoms with Crippen LogP contribution in [0, 0.1) is 11.8 Å². The third-order valence-corrected chi connectivity index (χ3v) is 6.51. The highest BCUT2D eigenvalue weighted by Gasteiger charge is 2.35. The van der Waals surface area contributed by atoms with E-state index in [1.807, 2.05) is 30.3 Å². The Kier molecular flexibility index (Phi) is 11.7. The van der Waals surface area contributed by atoms with Crippen LogP contribution in [0.2, 0.25) is 0 Å². The van der Waals surface area contributed by atoms with E-state index in [0.717, 1.165) is 31.2 Å². The number of esters is 1. The summed E-state index contributed by atoms with van der Waals surface area (Å²) in [6.45, 7) is 9.22. The lowest BCUT2D eigenvalue weighted by Crippen LogP contribution is -2.50. The summed E-state index contributed by atoms with van der Waals surface area (Å²) in [5, 5.41) is 15.5. The summed E-state index contributed by atoms with van der Waals surface area (Å²) in [4.78, 5) is 38.1. The first-order valence-corrected chi connectivity index (χ1v) is 12.5. The first-order valence-electron chi connectivity index (χ1n) is 12.5. The Morgan fingerprint density at radius 3 is 2.31 bits per heavy atom. The minimum Gasteiger partial charge on any atom is -0.461 e. The van der Waals surface area contributed by atoms with Crippen molar-refractivity contribution in [1.82, 2.24) is 10.6 Å². The number of hydrogen-bond acceptors (Lipinski definition) is 5. The molecule has 192 valence electrons. The molecule has 0 spiro atoms. The number of carbonyl (C=O) groups excluding carboxylic acids is 3. The van der Waals surface area contributed by atoms with Crippen LogP contribution in [0.3, 0.4) is 0 Å². The van der Waals surface area contributed by atoms with Crippen molar-refractivity contribution >= 4 is 17.8 Å². The fraction of sp³-hybridized carbons (Fsp3) is 0.536. The monoisotopic (exact) mass is 484 g/mol. The maximum Gasteiger partial charge on any atom is 0.309 e. The number of carbonyl (C=O) groups is 3. The number of amides is 2. The number of benzene rings is 1. The molecule has 0 saturated heterocycles.